The van der Waals surface area contributed by atoms with Gasteiger partial charge in [0.15, 0.2) is 0 Å². The second-order valence-electron chi connectivity index (χ2n) is 5.94. The third-order valence-electron chi connectivity index (χ3n) is 3.98. The van der Waals surface area contributed by atoms with E-state index in [4.69, 9.17) is 5.11 Å². The third-order valence-corrected chi connectivity index (χ3v) is 3.98. The summed E-state index contributed by atoms with van der Waals surface area (Å²) in [4.78, 5) is 2.29. The van der Waals surface area contributed by atoms with Crippen molar-refractivity contribution in [1.82, 2.24) is 29.4 Å². The second-order valence-corrected chi connectivity index (χ2v) is 5.94. The molecule has 2 aromatic rings. The highest BCUT2D eigenvalue weighted by molar-refractivity contribution is 5.14. The van der Waals surface area contributed by atoms with Crippen molar-refractivity contribution in [3.63, 3.8) is 0 Å². The fourth-order valence-electron chi connectivity index (χ4n) is 2.75. The maximum atomic E-state index is 9.69. The number of aliphatic hydroxyl groups excluding tert-OH is 2. The lowest BCUT2D eigenvalue weighted by molar-refractivity contribution is 0.0915. The van der Waals surface area contributed by atoms with Gasteiger partial charge in [0.25, 0.3) is 0 Å². The molecule has 1 aliphatic rings. The molecule has 3 rings (SSSR count). The fourth-order valence-corrected chi connectivity index (χ4v) is 2.75. The van der Waals surface area contributed by atoms with Crippen LogP contribution in [0, 0.1) is 0 Å². The molecule has 0 unspecified atom stereocenters. The normalized spacial score (nSPS) is 17.0. The van der Waals surface area contributed by atoms with Crippen LogP contribution in [0.1, 0.15) is 43.2 Å². The molecular formula is C14H22N6O2. The van der Waals surface area contributed by atoms with Crippen molar-refractivity contribution in [1.29, 1.82) is 0 Å². The van der Waals surface area contributed by atoms with Gasteiger partial charge in [-0.2, -0.15) is 5.10 Å². The van der Waals surface area contributed by atoms with E-state index in [0.717, 1.165) is 37.7 Å². The molecule has 22 heavy (non-hydrogen) atoms. The first-order valence-corrected chi connectivity index (χ1v) is 7.54. The van der Waals surface area contributed by atoms with Crippen LogP contribution in [0.25, 0.3) is 0 Å². The summed E-state index contributed by atoms with van der Waals surface area (Å²) in [5.41, 5.74) is 1.58. The van der Waals surface area contributed by atoms with Crippen LogP contribution in [0.2, 0.25) is 0 Å². The largest absolute Gasteiger partial charge is 0.393 e. The summed E-state index contributed by atoms with van der Waals surface area (Å²) in [6, 6.07) is 2.20. The maximum absolute atomic E-state index is 9.69. The number of aromatic nitrogens is 5. The zero-order chi connectivity index (χ0) is 15.7. The molecule has 0 amide bonds. The molecule has 8 heteroatoms. The van der Waals surface area contributed by atoms with E-state index < -0.39 is 6.10 Å². The molecule has 0 radical (unpaired) electrons. The Hall–Kier alpha value is -1.77. The molecule has 3 heterocycles. The fraction of sp³-hybridized carbons (Fsp3) is 0.643. The summed E-state index contributed by atoms with van der Waals surface area (Å²) in [6.07, 6.45) is 0.861. The first-order chi connectivity index (χ1) is 10.6. The van der Waals surface area contributed by atoms with Crippen LogP contribution in [-0.2, 0) is 19.6 Å². The van der Waals surface area contributed by atoms with Gasteiger partial charge in [-0.25, -0.2) is 0 Å². The van der Waals surface area contributed by atoms with Crippen molar-refractivity contribution in [2.24, 2.45) is 0 Å². The smallest absolute Gasteiger partial charge is 0.147 e. The molecule has 1 aliphatic heterocycles. The number of hydrogen-bond donors (Lipinski definition) is 2. The van der Waals surface area contributed by atoms with Crippen LogP contribution in [0.15, 0.2) is 12.4 Å². The van der Waals surface area contributed by atoms with Crippen molar-refractivity contribution in [2.75, 3.05) is 13.2 Å². The van der Waals surface area contributed by atoms with Gasteiger partial charge in [-0.3, -0.25) is 9.58 Å². The monoisotopic (exact) mass is 306 g/mol. The third kappa shape index (κ3) is 2.90. The Labute approximate surface area is 129 Å². The SMILES string of the molecule is CC(C)n1cnnc1CN1CCn2nc([C@H](O)CO)cc2C1. The number of hydrogen-bond acceptors (Lipinski definition) is 6. The lowest BCUT2D eigenvalue weighted by Gasteiger charge is -2.27. The van der Waals surface area contributed by atoms with E-state index in [0.29, 0.717) is 11.7 Å². The summed E-state index contributed by atoms with van der Waals surface area (Å²) in [5, 5.41) is 31.3. The Morgan fingerprint density at radius 2 is 2.14 bits per heavy atom. The molecule has 0 aliphatic carbocycles. The highest BCUT2D eigenvalue weighted by Crippen LogP contribution is 2.19. The summed E-state index contributed by atoms with van der Waals surface area (Å²) < 4.78 is 3.98. The van der Waals surface area contributed by atoms with Crippen molar-refractivity contribution in [2.45, 2.75) is 45.6 Å². The van der Waals surface area contributed by atoms with E-state index in [1.54, 1.807) is 6.33 Å². The molecule has 120 valence electrons. The highest BCUT2D eigenvalue weighted by atomic mass is 16.3. The number of fused-ring (bicyclic) bond motifs is 1. The maximum Gasteiger partial charge on any atom is 0.147 e. The van der Waals surface area contributed by atoms with Gasteiger partial charge in [0.05, 0.1) is 31.1 Å². The van der Waals surface area contributed by atoms with Crippen LogP contribution >= 0.6 is 0 Å². The lowest BCUT2D eigenvalue weighted by Crippen LogP contribution is -2.34. The Kier molecular flexibility index (Phi) is 4.23. The predicted octanol–water partition coefficient (Wildman–Crippen LogP) is 0.0970. The van der Waals surface area contributed by atoms with E-state index in [1.807, 2.05) is 10.7 Å². The zero-order valence-corrected chi connectivity index (χ0v) is 12.9. The van der Waals surface area contributed by atoms with E-state index in [2.05, 4.69) is 38.6 Å². The average molecular weight is 306 g/mol. The van der Waals surface area contributed by atoms with Crippen LogP contribution in [0.3, 0.4) is 0 Å². The Morgan fingerprint density at radius 1 is 1.32 bits per heavy atom. The number of nitrogens with zero attached hydrogens (tertiary/aromatic N) is 6. The molecule has 0 aromatic carbocycles. The molecule has 2 N–H and O–H groups in total. The Bertz CT molecular complexity index is 635. The number of rotatable bonds is 5. The zero-order valence-electron chi connectivity index (χ0n) is 12.9. The number of aliphatic hydroxyl groups is 2. The van der Waals surface area contributed by atoms with Gasteiger partial charge in [0.2, 0.25) is 0 Å². The highest BCUT2D eigenvalue weighted by Gasteiger charge is 2.22. The van der Waals surface area contributed by atoms with Crippen LogP contribution in [0.4, 0.5) is 0 Å². The standard InChI is InChI=1S/C14H22N6O2/c1-10(2)19-9-15-16-14(19)7-18-3-4-20-11(6-18)5-12(17-20)13(22)8-21/h5,9-10,13,21-22H,3-4,6-8H2,1-2H3/t13-/m1/s1. The molecule has 0 bridgehead atoms. The van der Waals surface area contributed by atoms with Gasteiger partial charge in [-0.1, -0.05) is 0 Å². The first kappa shape index (κ1) is 15.1. The summed E-state index contributed by atoms with van der Waals surface area (Å²) in [7, 11) is 0. The topological polar surface area (TPSA) is 92.2 Å². The van der Waals surface area contributed by atoms with Gasteiger partial charge in [0, 0.05) is 19.1 Å². The van der Waals surface area contributed by atoms with Crippen LogP contribution in [-0.4, -0.2) is 52.8 Å². The van der Waals surface area contributed by atoms with E-state index in [-0.39, 0.29) is 6.61 Å². The molecular weight excluding hydrogens is 284 g/mol. The van der Waals surface area contributed by atoms with Crippen molar-refractivity contribution < 1.29 is 10.2 Å². The lowest BCUT2D eigenvalue weighted by atomic mass is 10.2. The molecule has 2 aromatic heterocycles. The molecule has 0 spiro atoms. The molecule has 0 saturated heterocycles. The van der Waals surface area contributed by atoms with Gasteiger partial charge in [0.1, 0.15) is 18.3 Å². The minimum Gasteiger partial charge on any atom is -0.393 e. The second kappa shape index (κ2) is 6.15. The van der Waals surface area contributed by atoms with Crippen molar-refractivity contribution in [3.05, 3.63) is 29.6 Å². The van der Waals surface area contributed by atoms with Crippen LogP contribution in [0.5, 0.6) is 0 Å². The molecule has 0 fully saturated rings. The molecule has 1 atom stereocenters. The molecule has 8 nitrogen and oxygen atoms in total. The Balaban J connectivity index is 1.71. The van der Waals surface area contributed by atoms with Gasteiger partial charge in [-0.05, 0) is 19.9 Å². The minimum atomic E-state index is -0.907. The van der Waals surface area contributed by atoms with Gasteiger partial charge >= 0.3 is 0 Å². The minimum absolute atomic E-state index is 0.308. The van der Waals surface area contributed by atoms with Crippen LogP contribution < -0.4 is 0 Å². The predicted molar refractivity (Wildman–Crippen MR) is 78.8 cm³/mol. The summed E-state index contributed by atoms with van der Waals surface area (Å²) in [5.74, 6) is 0.957. The average Bonchev–Trinajstić information content (AvgIpc) is 3.12. The summed E-state index contributed by atoms with van der Waals surface area (Å²) >= 11 is 0. The summed E-state index contributed by atoms with van der Waals surface area (Å²) in [6.45, 7) is 7.04. The van der Waals surface area contributed by atoms with Gasteiger partial charge in [-0.15, -0.1) is 10.2 Å². The van der Waals surface area contributed by atoms with Gasteiger partial charge < -0.3 is 14.8 Å². The van der Waals surface area contributed by atoms with E-state index in [1.165, 1.54) is 0 Å². The van der Waals surface area contributed by atoms with Crippen molar-refractivity contribution >= 4 is 0 Å². The first-order valence-electron chi connectivity index (χ1n) is 7.54. The van der Waals surface area contributed by atoms with Crippen molar-refractivity contribution in [3.8, 4) is 0 Å². The Morgan fingerprint density at radius 3 is 2.86 bits per heavy atom. The van der Waals surface area contributed by atoms with E-state index >= 15 is 0 Å². The quantitative estimate of drug-likeness (QED) is 0.814. The van der Waals surface area contributed by atoms with E-state index in [9.17, 15) is 5.11 Å². The molecule has 0 saturated carbocycles.